The van der Waals surface area contributed by atoms with Gasteiger partial charge in [-0.1, -0.05) is 25.3 Å². The topological polar surface area (TPSA) is 54.0 Å². The Morgan fingerprint density at radius 3 is 2.74 bits per heavy atom. The number of aromatic nitrogens is 1. The standard InChI is InChI=1S/C19H22F3N3OS/c20-19(21,22)14-7-4-8-15(9-14)24-18-25-16(12-27-18)10-17(26)23-11-13-5-2-1-3-6-13/h4,7-9,12-13H,1-3,5-6,10-11H2,(H,23,26)(H,24,25). The zero-order chi connectivity index (χ0) is 19.3. The quantitative estimate of drug-likeness (QED) is 0.709. The Kier molecular flexibility index (Phi) is 6.36. The molecule has 0 bridgehead atoms. The number of anilines is 2. The third-order valence-corrected chi connectivity index (χ3v) is 5.45. The minimum atomic E-state index is -4.39. The van der Waals surface area contributed by atoms with E-state index in [0.717, 1.165) is 12.1 Å². The van der Waals surface area contributed by atoms with Crippen molar-refractivity contribution in [3.05, 3.63) is 40.9 Å². The number of rotatable bonds is 6. The fourth-order valence-electron chi connectivity index (χ4n) is 3.22. The van der Waals surface area contributed by atoms with Gasteiger partial charge in [0.05, 0.1) is 17.7 Å². The monoisotopic (exact) mass is 397 g/mol. The molecular weight excluding hydrogens is 375 g/mol. The Hall–Kier alpha value is -2.09. The molecule has 8 heteroatoms. The van der Waals surface area contributed by atoms with Gasteiger partial charge in [-0.3, -0.25) is 4.79 Å². The van der Waals surface area contributed by atoms with E-state index < -0.39 is 11.7 Å². The second-order valence-electron chi connectivity index (χ2n) is 6.83. The second-order valence-corrected chi connectivity index (χ2v) is 7.69. The molecule has 1 aromatic carbocycles. The van der Waals surface area contributed by atoms with E-state index in [1.54, 1.807) is 11.4 Å². The van der Waals surface area contributed by atoms with Crippen LogP contribution in [0.15, 0.2) is 29.6 Å². The van der Waals surface area contributed by atoms with Gasteiger partial charge in [-0.25, -0.2) is 4.98 Å². The van der Waals surface area contributed by atoms with Crippen LogP contribution in [0, 0.1) is 5.92 Å². The maximum Gasteiger partial charge on any atom is 0.416 e. The number of nitrogens with zero attached hydrogens (tertiary/aromatic N) is 1. The van der Waals surface area contributed by atoms with Gasteiger partial charge in [0.15, 0.2) is 5.13 Å². The highest BCUT2D eigenvalue weighted by Gasteiger charge is 2.30. The molecule has 1 saturated carbocycles. The third-order valence-electron chi connectivity index (χ3n) is 4.65. The summed E-state index contributed by atoms with van der Waals surface area (Å²) in [6.45, 7) is 0.707. The summed E-state index contributed by atoms with van der Waals surface area (Å²) in [4.78, 5) is 16.4. The van der Waals surface area contributed by atoms with E-state index in [0.29, 0.717) is 29.0 Å². The lowest BCUT2D eigenvalue weighted by Crippen LogP contribution is -2.31. The molecule has 1 heterocycles. The van der Waals surface area contributed by atoms with Gasteiger partial charge in [0.1, 0.15) is 0 Å². The van der Waals surface area contributed by atoms with Crippen LogP contribution >= 0.6 is 11.3 Å². The molecular formula is C19H22F3N3OS. The fourth-order valence-corrected chi connectivity index (χ4v) is 3.95. The second kappa shape index (κ2) is 8.73. The van der Waals surface area contributed by atoms with Crippen molar-refractivity contribution in [1.82, 2.24) is 10.3 Å². The number of thiazole rings is 1. The van der Waals surface area contributed by atoms with Crippen LogP contribution in [0.25, 0.3) is 0 Å². The van der Waals surface area contributed by atoms with Gasteiger partial charge in [0, 0.05) is 17.6 Å². The van der Waals surface area contributed by atoms with Crippen LogP contribution in [0.5, 0.6) is 0 Å². The molecule has 2 N–H and O–H groups in total. The first-order valence-corrected chi connectivity index (χ1v) is 9.93. The number of carbonyl (C=O) groups excluding carboxylic acids is 1. The van der Waals surface area contributed by atoms with Gasteiger partial charge < -0.3 is 10.6 Å². The molecule has 1 aliphatic carbocycles. The fraction of sp³-hybridized carbons (Fsp3) is 0.474. The lowest BCUT2D eigenvalue weighted by Gasteiger charge is -2.21. The molecule has 1 fully saturated rings. The number of nitrogens with one attached hydrogen (secondary N) is 2. The summed E-state index contributed by atoms with van der Waals surface area (Å²) in [7, 11) is 0. The molecule has 0 unspecified atom stereocenters. The van der Waals surface area contributed by atoms with Crippen molar-refractivity contribution in [1.29, 1.82) is 0 Å². The van der Waals surface area contributed by atoms with Crippen molar-refractivity contribution in [2.45, 2.75) is 44.7 Å². The molecule has 3 rings (SSSR count). The number of alkyl halides is 3. The molecule has 0 atom stereocenters. The Bertz CT molecular complexity index is 770. The highest BCUT2D eigenvalue weighted by Crippen LogP contribution is 2.31. The van der Waals surface area contributed by atoms with Gasteiger partial charge in [-0.15, -0.1) is 11.3 Å². The van der Waals surface area contributed by atoms with Crippen molar-refractivity contribution in [2.24, 2.45) is 5.92 Å². The highest BCUT2D eigenvalue weighted by molar-refractivity contribution is 7.13. The third kappa shape index (κ3) is 5.95. The van der Waals surface area contributed by atoms with E-state index in [2.05, 4.69) is 15.6 Å². The van der Waals surface area contributed by atoms with E-state index in [1.807, 2.05) is 0 Å². The maximum absolute atomic E-state index is 12.8. The number of halogens is 3. The van der Waals surface area contributed by atoms with Crippen LogP contribution < -0.4 is 10.6 Å². The minimum Gasteiger partial charge on any atom is -0.355 e. The first-order chi connectivity index (χ1) is 12.9. The lowest BCUT2D eigenvalue weighted by atomic mass is 9.89. The van der Waals surface area contributed by atoms with Crippen LogP contribution in [0.2, 0.25) is 0 Å². The first kappa shape index (κ1) is 19.7. The van der Waals surface area contributed by atoms with E-state index in [1.165, 1.54) is 49.5 Å². The van der Waals surface area contributed by atoms with Crippen molar-refractivity contribution < 1.29 is 18.0 Å². The number of hydrogen-bond acceptors (Lipinski definition) is 4. The molecule has 2 aromatic rings. The van der Waals surface area contributed by atoms with Gasteiger partial charge in [0.2, 0.25) is 5.91 Å². The Labute approximate surface area is 160 Å². The predicted octanol–water partition coefficient (Wildman–Crippen LogP) is 5.14. The Morgan fingerprint density at radius 2 is 2.00 bits per heavy atom. The molecule has 0 radical (unpaired) electrons. The molecule has 4 nitrogen and oxygen atoms in total. The van der Waals surface area contributed by atoms with E-state index in [4.69, 9.17) is 0 Å². The van der Waals surface area contributed by atoms with Crippen molar-refractivity contribution >= 4 is 28.1 Å². The van der Waals surface area contributed by atoms with Crippen molar-refractivity contribution in [2.75, 3.05) is 11.9 Å². The van der Waals surface area contributed by atoms with Crippen LogP contribution in [-0.4, -0.2) is 17.4 Å². The number of amides is 1. The van der Waals surface area contributed by atoms with Crippen LogP contribution in [0.3, 0.4) is 0 Å². The largest absolute Gasteiger partial charge is 0.416 e. The zero-order valence-electron chi connectivity index (χ0n) is 14.8. The van der Waals surface area contributed by atoms with E-state index >= 15 is 0 Å². The molecule has 1 amide bonds. The summed E-state index contributed by atoms with van der Waals surface area (Å²) in [5.74, 6) is 0.493. The van der Waals surface area contributed by atoms with Crippen molar-refractivity contribution in [3.63, 3.8) is 0 Å². The average Bonchev–Trinajstić information content (AvgIpc) is 3.07. The summed E-state index contributed by atoms with van der Waals surface area (Å²) in [5, 5.41) is 8.04. The van der Waals surface area contributed by atoms with Gasteiger partial charge in [-0.2, -0.15) is 13.2 Å². The lowest BCUT2D eigenvalue weighted by molar-refractivity contribution is -0.137. The number of carbonyl (C=O) groups is 1. The summed E-state index contributed by atoms with van der Waals surface area (Å²) in [6, 6.07) is 4.96. The Balaban J connectivity index is 1.51. The Morgan fingerprint density at radius 1 is 1.22 bits per heavy atom. The molecule has 1 aliphatic rings. The number of hydrogen-bond donors (Lipinski definition) is 2. The SMILES string of the molecule is O=C(Cc1csc(Nc2cccc(C(F)(F)F)c2)n1)NCC1CCCCC1. The summed E-state index contributed by atoms with van der Waals surface area (Å²) in [5.41, 5.74) is 0.203. The first-order valence-electron chi connectivity index (χ1n) is 9.05. The zero-order valence-corrected chi connectivity index (χ0v) is 15.6. The van der Waals surface area contributed by atoms with E-state index in [9.17, 15) is 18.0 Å². The minimum absolute atomic E-state index is 0.0727. The molecule has 0 aliphatic heterocycles. The molecule has 27 heavy (non-hydrogen) atoms. The van der Waals surface area contributed by atoms with Gasteiger partial charge in [-0.05, 0) is 37.0 Å². The van der Waals surface area contributed by atoms with Crippen molar-refractivity contribution in [3.8, 4) is 0 Å². The molecule has 146 valence electrons. The molecule has 0 saturated heterocycles. The van der Waals surface area contributed by atoms with Crippen LogP contribution in [-0.2, 0) is 17.4 Å². The predicted molar refractivity (Wildman–Crippen MR) is 100 cm³/mol. The highest BCUT2D eigenvalue weighted by atomic mass is 32.1. The summed E-state index contributed by atoms with van der Waals surface area (Å²) in [6.07, 6.45) is 1.87. The normalized spacial score (nSPS) is 15.5. The smallest absolute Gasteiger partial charge is 0.355 e. The average molecular weight is 397 g/mol. The summed E-state index contributed by atoms with van der Waals surface area (Å²) < 4.78 is 38.3. The van der Waals surface area contributed by atoms with Crippen LogP contribution in [0.4, 0.5) is 24.0 Å². The van der Waals surface area contributed by atoms with Gasteiger partial charge >= 0.3 is 6.18 Å². The number of benzene rings is 1. The molecule has 1 aromatic heterocycles. The van der Waals surface area contributed by atoms with Gasteiger partial charge in [0.25, 0.3) is 0 Å². The summed E-state index contributed by atoms with van der Waals surface area (Å²) >= 11 is 1.26. The maximum atomic E-state index is 12.8. The van der Waals surface area contributed by atoms with E-state index in [-0.39, 0.29) is 12.3 Å². The molecule has 0 spiro atoms. The van der Waals surface area contributed by atoms with Crippen LogP contribution in [0.1, 0.15) is 43.4 Å².